The van der Waals surface area contributed by atoms with E-state index in [1.807, 2.05) is 25.1 Å². The first kappa shape index (κ1) is 13.6. The molecular weight excluding hydrogens is 252 g/mol. The lowest BCUT2D eigenvalue weighted by molar-refractivity contribution is -0.128. The van der Waals surface area contributed by atoms with Crippen molar-refractivity contribution in [1.29, 1.82) is 0 Å². The summed E-state index contributed by atoms with van der Waals surface area (Å²) in [5.41, 5.74) is 1.11. The minimum Gasteiger partial charge on any atom is -0.379 e. The van der Waals surface area contributed by atoms with Gasteiger partial charge in [0.25, 0.3) is 0 Å². The number of hydrogen-bond donors (Lipinski definition) is 1. The average molecular weight is 274 g/mol. The normalized spacial score (nSPS) is 23.1. The summed E-state index contributed by atoms with van der Waals surface area (Å²) in [5, 5.41) is 3.26. The van der Waals surface area contributed by atoms with E-state index in [1.165, 1.54) is 5.56 Å². The van der Waals surface area contributed by atoms with Crippen molar-refractivity contribution in [3.63, 3.8) is 0 Å². The molecule has 20 heavy (non-hydrogen) atoms. The van der Waals surface area contributed by atoms with Gasteiger partial charge in [-0.15, -0.1) is 0 Å². The van der Waals surface area contributed by atoms with Gasteiger partial charge in [-0.1, -0.05) is 30.3 Å². The van der Waals surface area contributed by atoms with Crippen LogP contribution in [0.4, 0.5) is 0 Å². The molecule has 0 radical (unpaired) electrons. The first-order chi connectivity index (χ1) is 9.71. The Balaban J connectivity index is 1.64. The number of ether oxygens (including phenoxy) is 1. The Morgan fingerprint density at radius 1 is 1.25 bits per heavy atom. The zero-order valence-electron chi connectivity index (χ0n) is 12.0. The summed E-state index contributed by atoms with van der Waals surface area (Å²) in [5.74, 6) is 0.133. The minimum atomic E-state index is -0.112. The van der Waals surface area contributed by atoms with Crippen molar-refractivity contribution < 1.29 is 9.53 Å². The third-order valence-corrected chi connectivity index (χ3v) is 4.41. The number of hydrogen-bond acceptors (Lipinski definition) is 3. The van der Waals surface area contributed by atoms with Crippen LogP contribution in [0, 0.1) is 0 Å². The van der Waals surface area contributed by atoms with Gasteiger partial charge in [-0.05, 0) is 25.3 Å². The van der Waals surface area contributed by atoms with Gasteiger partial charge in [0.05, 0.1) is 24.8 Å². The third kappa shape index (κ3) is 2.72. The maximum absolute atomic E-state index is 12.5. The van der Waals surface area contributed by atoms with Crippen molar-refractivity contribution in [2.24, 2.45) is 0 Å². The summed E-state index contributed by atoms with van der Waals surface area (Å²) in [6.45, 7) is 5.12. The molecule has 1 atom stereocenters. The van der Waals surface area contributed by atoms with Gasteiger partial charge in [0.1, 0.15) is 0 Å². The largest absolute Gasteiger partial charge is 0.379 e. The maximum atomic E-state index is 12.5. The highest BCUT2D eigenvalue weighted by Gasteiger charge is 2.46. The molecule has 0 bridgehead atoms. The molecule has 1 aromatic rings. The molecule has 1 aromatic carbocycles. The van der Waals surface area contributed by atoms with Gasteiger partial charge >= 0.3 is 0 Å². The Morgan fingerprint density at radius 2 is 1.90 bits per heavy atom. The van der Waals surface area contributed by atoms with Crippen molar-refractivity contribution in [3.8, 4) is 0 Å². The molecule has 4 heteroatoms. The molecule has 1 saturated carbocycles. The topological polar surface area (TPSA) is 41.6 Å². The highest BCUT2D eigenvalue weighted by atomic mass is 16.5. The molecule has 1 aliphatic heterocycles. The van der Waals surface area contributed by atoms with Crippen LogP contribution in [0.15, 0.2) is 30.3 Å². The number of nitrogens with one attached hydrogen (secondary N) is 1. The van der Waals surface area contributed by atoms with E-state index in [-0.39, 0.29) is 17.5 Å². The molecule has 1 heterocycles. The molecule has 4 nitrogen and oxygen atoms in total. The zero-order valence-corrected chi connectivity index (χ0v) is 12.0. The molecule has 2 fully saturated rings. The molecule has 0 spiro atoms. The summed E-state index contributed by atoms with van der Waals surface area (Å²) < 4.78 is 5.34. The van der Waals surface area contributed by atoms with E-state index < -0.39 is 0 Å². The van der Waals surface area contributed by atoms with Crippen molar-refractivity contribution in [3.05, 3.63) is 35.9 Å². The van der Waals surface area contributed by atoms with Crippen LogP contribution >= 0.6 is 0 Å². The molecule has 1 aliphatic carbocycles. The summed E-state index contributed by atoms with van der Waals surface area (Å²) in [4.78, 5) is 14.7. The van der Waals surface area contributed by atoms with Crippen LogP contribution in [0.2, 0.25) is 0 Å². The fraction of sp³-hybridized carbons (Fsp3) is 0.562. The predicted octanol–water partition coefficient (Wildman–Crippen LogP) is 1.51. The molecule has 1 amide bonds. The SMILES string of the molecule is CC(C(=O)NC1(c2ccccc2)CC1)N1CCOCC1. The second-order valence-electron chi connectivity index (χ2n) is 5.76. The standard InChI is InChI=1S/C16H22N2O2/c1-13(18-9-11-20-12-10-18)15(19)17-16(7-8-16)14-5-3-2-4-6-14/h2-6,13H,7-12H2,1H3,(H,17,19). The highest BCUT2D eigenvalue weighted by molar-refractivity contribution is 5.82. The number of benzene rings is 1. The first-order valence-electron chi connectivity index (χ1n) is 7.41. The van der Waals surface area contributed by atoms with Gasteiger partial charge in [0, 0.05) is 13.1 Å². The number of rotatable bonds is 4. The van der Waals surface area contributed by atoms with Crippen LogP contribution in [-0.2, 0) is 15.1 Å². The summed E-state index contributed by atoms with van der Waals surface area (Å²) in [6.07, 6.45) is 2.08. The van der Waals surface area contributed by atoms with Gasteiger partial charge in [0.15, 0.2) is 0 Å². The number of nitrogens with zero attached hydrogens (tertiary/aromatic N) is 1. The van der Waals surface area contributed by atoms with Crippen molar-refractivity contribution in [1.82, 2.24) is 10.2 Å². The van der Waals surface area contributed by atoms with Gasteiger partial charge in [-0.2, -0.15) is 0 Å². The van der Waals surface area contributed by atoms with Crippen LogP contribution in [0.5, 0.6) is 0 Å². The Bertz CT molecular complexity index is 465. The molecule has 1 saturated heterocycles. The summed E-state index contributed by atoms with van der Waals surface area (Å²) >= 11 is 0. The molecule has 2 aliphatic rings. The van der Waals surface area contributed by atoms with Gasteiger partial charge < -0.3 is 10.1 Å². The smallest absolute Gasteiger partial charge is 0.237 e. The second kappa shape index (κ2) is 5.54. The lowest BCUT2D eigenvalue weighted by Gasteiger charge is -2.32. The highest BCUT2D eigenvalue weighted by Crippen LogP contribution is 2.45. The Morgan fingerprint density at radius 3 is 2.50 bits per heavy atom. The molecule has 1 N–H and O–H groups in total. The Kier molecular flexibility index (Phi) is 3.76. The summed E-state index contributed by atoms with van der Waals surface area (Å²) in [6, 6.07) is 10.2. The van der Waals surface area contributed by atoms with Crippen LogP contribution in [-0.4, -0.2) is 43.2 Å². The third-order valence-electron chi connectivity index (χ3n) is 4.41. The van der Waals surface area contributed by atoms with E-state index in [1.54, 1.807) is 0 Å². The first-order valence-corrected chi connectivity index (χ1v) is 7.41. The molecule has 3 rings (SSSR count). The number of morpholine rings is 1. The van der Waals surface area contributed by atoms with Crippen LogP contribution in [0.1, 0.15) is 25.3 Å². The molecule has 0 aromatic heterocycles. The quantitative estimate of drug-likeness (QED) is 0.905. The lowest BCUT2D eigenvalue weighted by Crippen LogP contribution is -2.51. The molecular formula is C16H22N2O2. The summed E-state index contributed by atoms with van der Waals surface area (Å²) in [7, 11) is 0. The van der Waals surface area contributed by atoms with Crippen LogP contribution in [0.3, 0.4) is 0 Å². The second-order valence-corrected chi connectivity index (χ2v) is 5.76. The zero-order chi connectivity index (χ0) is 14.0. The van der Waals surface area contributed by atoms with E-state index in [0.29, 0.717) is 0 Å². The fourth-order valence-corrected chi connectivity index (χ4v) is 2.84. The monoisotopic (exact) mass is 274 g/mol. The fourth-order valence-electron chi connectivity index (χ4n) is 2.84. The predicted molar refractivity (Wildman–Crippen MR) is 77.4 cm³/mol. The number of carbonyl (C=O) groups is 1. The van der Waals surface area contributed by atoms with E-state index in [2.05, 4.69) is 22.3 Å². The van der Waals surface area contributed by atoms with Crippen LogP contribution in [0.25, 0.3) is 0 Å². The van der Waals surface area contributed by atoms with E-state index in [9.17, 15) is 4.79 Å². The van der Waals surface area contributed by atoms with E-state index >= 15 is 0 Å². The average Bonchev–Trinajstić information content (AvgIpc) is 3.29. The maximum Gasteiger partial charge on any atom is 0.237 e. The molecule has 108 valence electrons. The number of carbonyl (C=O) groups excluding carboxylic acids is 1. The minimum absolute atomic E-state index is 0.0833. The van der Waals surface area contributed by atoms with E-state index in [4.69, 9.17) is 4.74 Å². The Labute approximate surface area is 120 Å². The van der Waals surface area contributed by atoms with E-state index in [0.717, 1.165) is 39.1 Å². The lowest BCUT2D eigenvalue weighted by atomic mass is 10.0. The van der Waals surface area contributed by atoms with Gasteiger partial charge in [-0.3, -0.25) is 9.69 Å². The van der Waals surface area contributed by atoms with Crippen molar-refractivity contribution in [2.75, 3.05) is 26.3 Å². The van der Waals surface area contributed by atoms with Crippen molar-refractivity contribution in [2.45, 2.75) is 31.3 Å². The van der Waals surface area contributed by atoms with Crippen molar-refractivity contribution >= 4 is 5.91 Å². The number of amides is 1. The van der Waals surface area contributed by atoms with Gasteiger partial charge in [0.2, 0.25) is 5.91 Å². The molecule has 1 unspecified atom stereocenters. The van der Waals surface area contributed by atoms with Gasteiger partial charge in [-0.25, -0.2) is 0 Å². The Hall–Kier alpha value is -1.39. The van der Waals surface area contributed by atoms with Crippen LogP contribution < -0.4 is 5.32 Å².